The van der Waals surface area contributed by atoms with Gasteiger partial charge in [-0.3, -0.25) is 9.59 Å². The molecule has 0 aliphatic heterocycles. The Labute approximate surface area is 564 Å². The van der Waals surface area contributed by atoms with Gasteiger partial charge in [0.25, 0.3) is 0 Å². The minimum atomic E-state index is -0.664. The molecule has 2 atom stereocenters. The number of esters is 1. The largest absolute Gasteiger partial charge is 0.466 e. The van der Waals surface area contributed by atoms with Crippen molar-refractivity contribution in [3.63, 3.8) is 0 Å². The van der Waals surface area contributed by atoms with E-state index in [1.54, 1.807) is 0 Å². The number of ether oxygens (including phenoxy) is 1. The molecule has 0 aromatic heterocycles. The molecule has 2 unspecified atom stereocenters. The molecule has 0 aliphatic rings. The summed E-state index contributed by atoms with van der Waals surface area (Å²) in [5.41, 5.74) is 0. The fourth-order valence-electron chi connectivity index (χ4n) is 13.1. The van der Waals surface area contributed by atoms with E-state index in [0.717, 1.165) is 51.4 Å². The fourth-order valence-corrected chi connectivity index (χ4v) is 13.1. The molecule has 3 N–H and O–H groups in total. The van der Waals surface area contributed by atoms with E-state index in [1.165, 1.54) is 379 Å². The molecule has 0 rings (SSSR count). The summed E-state index contributed by atoms with van der Waals surface area (Å²) in [6.45, 7) is 4.98. The highest BCUT2D eigenvalue weighted by Gasteiger charge is 2.20. The predicted octanol–water partition coefficient (Wildman–Crippen LogP) is 27.4. The third-order valence-electron chi connectivity index (χ3n) is 19.4. The van der Waals surface area contributed by atoms with Crippen molar-refractivity contribution in [2.45, 2.75) is 475 Å². The molecule has 1 amide bonds. The Bertz CT molecular complexity index is 1460. The van der Waals surface area contributed by atoms with E-state index in [-0.39, 0.29) is 18.5 Å². The van der Waals surface area contributed by atoms with E-state index in [4.69, 9.17) is 4.74 Å². The second-order valence-electron chi connectivity index (χ2n) is 28.5. The van der Waals surface area contributed by atoms with Gasteiger partial charge in [0.1, 0.15) is 0 Å². The third-order valence-corrected chi connectivity index (χ3v) is 19.4. The maximum atomic E-state index is 12.6. The van der Waals surface area contributed by atoms with Gasteiger partial charge in [-0.15, -0.1) is 0 Å². The van der Waals surface area contributed by atoms with Crippen LogP contribution in [0.5, 0.6) is 0 Å². The number of carbonyl (C=O) groups is 2. The molecule has 0 heterocycles. The maximum absolute atomic E-state index is 12.6. The van der Waals surface area contributed by atoms with Crippen molar-refractivity contribution in [2.24, 2.45) is 0 Å². The smallest absolute Gasteiger partial charge is 0.305 e. The van der Waals surface area contributed by atoms with E-state index in [9.17, 15) is 19.8 Å². The van der Waals surface area contributed by atoms with Crippen LogP contribution in [0.25, 0.3) is 0 Å². The zero-order chi connectivity index (χ0) is 64.9. The Morgan fingerprint density at radius 2 is 0.556 bits per heavy atom. The van der Waals surface area contributed by atoms with Gasteiger partial charge in [0.05, 0.1) is 25.4 Å². The van der Waals surface area contributed by atoms with Crippen molar-refractivity contribution >= 4 is 11.9 Å². The number of hydrogen-bond donors (Lipinski definition) is 3. The molecule has 0 saturated carbocycles. The molecule has 0 fully saturated rings. The average molecular weight is 1270 g/mol. The lowest BCUT2D eigenvalue weighted by Crippen LogP contribution is -2.45. The van der Waals surface area contributed by atoms with Crippen LogP contribution in [0.2, 0.25) is 0 Å². The number of carbonyl (C=O) groups excluding carboxylic acids is 2. The molecule has 0 bridgehead atoms. The van der Waals surface area contributed by atoms with Crippen molar-refractivity contribution < 1.29 is 24.5 Å². The molecular weight excluding hydrogens is 1100 g/mol. The van der Waals surface area contributed by atoms with Crippen LogP contribution in [0.15, 0.2) is 36.5 Å². The molecule has 6 heteroatoms. The molecule has 90 heavy (non-hydrogen) atoms. The van der Waals surface area contributed by atoms with Crippen LogP contribution in [0.1, 0.15) is 463 Å². The SMILES string of the molecule is CCCCCC/C=C\CCCCCCCC(=O)OCCCCCCCCCCCCCCC/C=C\C/C=C\CCCCCCCCCCCCCCCCCCCC(=O)NC(CO)C(O)CCCCCCCCCCCCCCCCCCCCCCCCC. The molecule has 0 radical (unpaired) electrons. The second-order valence-corrected chi connectivity index (χ2v) is 28.5. The van der Waals surface area contributed by atoms with Gasteiger partial charge in [-0.25, -0.2) is 0 Å². The average Bonchev–Trinajstić information content (AvgIpc) is 3.71. The van der Waals surface area contributed by atoms with Crippen molar-refractivity contribution in [3.05, 3.63) is 36.5 Å². The summed E-state index contributed by atoms with van der Waals surface area (Å²) < 4.78 is 5.49. The molecule has 6 nitrogen and oxygen atoms in total. The minimum Gasteiger partial charge on any atom is -0.466 e. The molecular formula is C84H161NO5. The topological polar surface area (TPSA) is 95.9 Å². The summed E-state index contributed by atoms with van der Waals surface area (Å²) >= 11 is 0. The van der Waals surface area contributed by atoms with E-state index in [2.05, 4.69) is 55.6 Å². The summed E-state index contributed by atoms with van der Waals surface area (Å²) in [5, 5.41) is 23.5. The Hall–Kier alpha value is -1.92. The number of nitrogens with one attached hydrogen (secondary N) is 1. The van der Waals surface area contributed by atoms with Crippen LogP contribution < -0.4 is 5.32 Å². The second kappa shape index (κ2) is 79.5. The van der Waals surface area contributed by atoms with E-state index >= 15 is 0 Å². The van der Waals surface area contributed by atoms with Gasteiger partial charge in [0.2, 0.25) is 5.91 Å². The normalized spacial score (nSPS) is 12.6. The summed E-state index contributed by atoms with van der Waals surface area (Å²) in [6.07, 6.45) is 104. The number of unbranched alkanes of at least 4 members (excludes halogenated alkanes) is 61. The lowest BCUT2D eigenvalue weighted by Gasteiger charge is -2.22. The van der Waals surface area contributed by atoms with Gasteiger partial charge >= 0.3 is 5.97 Å². The van der Waals surface area contributed by atoms with Gasteiger partial charge < -0.3 is 20.3 Å². The van der Waals surface area contributed by atoms with Gasteiger partial charge in [0, 0.05) is 12.8 Å². The van der Waals surface area contributed by atoms with Gasteiger partial charge in [0.15, 0.2) is 0 Å². The number of amides is 1. The molecule has 0 spiro atoms. The van der Waals surface area contributed by atoms with Crippen LogP contribution in [-0.4, -0.2) is 47.4 Å². The zero-order valence-electron chi connectivity index (χ0n) is 61.1. The minimum absolute atomic E-state index is 0.0102. The van der Waals surface area contributed by atoms with Gasteiger partial charge in [-0.2, -0.15) is 0 Å². The Morgan fingerprint density at radius 3 is 0.867 bits per heavy atom. The van der Waals surface area contributed by atoms with E-state index < -0.39 is 12.1 Å². The highest BCUT2D eigenvalue weighted by molar-refractivity contribution is 5.76. The van der Waals surface area contributed by atoms with Crippen molar-refractivity contribution in [1.29, 1.82) is 0 Å². The van der Waals surface area contributed by atoms with Crippen LogP contribution in [0.4, 0.5) is 0 Å². The van der Waals surface area contributed by atoms with Crippen LogP contribution in [0.3, 0.4) is 0 Å². The molecule has 532 valence electrons. The van der Waals surface area contributed by atoms with Crippen LogP contribution in [0, 0.1) is 0 Å². The lowest BCUT2D eigenvalue weighted by molar-refractivity contribution is -0.143. The van der Waals surface area contributed by atoms with Crippen molar-refractivity contribution in [3.8, 4) is 0 Å². The predicted molar refractivity (Wildman–Crippen MR) is 398 cm³/mol. The van der Waals surface area contributed by atoms with Crippen LogP contribution >= 0.6 is 0 Å². The Kier molecular flexibility index (Phi) is 77.8. The van der Waals surface area contributed by atoms with E-state index in [1.807, 2.05) is 0 Å². The van der Waals surface area contributed by atoms with Gasteiger partial charge in [-0.1, -0.05) is 403 Å². The standard InChI is InChI=1S/C84H161NO5/c1-3-5-7-9-11-13-15-17-18-19-20-21-37-40-43-46-49-53-56-60-64-68-72-76-82(87)81(80-86)85-83(88)77-73-69-65-61-57-54-50-47-44-41-38-35-33-31-29-27-25-23-22-24-26-28-30-32-34-36-39-42-45-48-51-55-59-63-67-71-75-79-90-84(89)78-74-70-66-62-58-52-16-14-12-10-8-6-4-2/h14,16,22,24,28,30,81-82,86-87H,3-13,15,17-21,23,25-27,29,31-80H2,1-2H3,(H,85,88)/b16-14-,24-22-,30-28-. The summed E-state index contributed by atoms with van der Waals surface area (Å²) in [5.74, 6) is -0.0165. The number of allylic oxidation sites excluding steroid dienone is 6. The first-order chi connectivity index (χ1) is 44.5. The molecule has 0 saturated heterocycles. The van der Waals surface area contributed by atoms with Crippen molar-refractivity contribution in [1.82, 2.24) is 5.32 Å². The van der Waals surface area contributed by atoms with Gasteiger partial charge in [-0.05, 0) is 83.5 Å². The molecule has 0 aliphatic carbocycles. The number of aliphatic hydroxyl groups excluding tert-OH is 2. The highest BCUT2D eigenvalue weighted by atomic mass is 16.5. The quantitative estimate of drug-likeness (QED) is 0.0320. The zero-order valence-corrected chi connectivity index (χ0v) is 61.1. The summed E-state index contributed by atoms with van der Waals surface area (Å²) in [6, 6.07) is -0.541. The Morgan fingerprint density at radius 1 is 0.311 bits per heavy atom. The molecule has 0 aromatic rings. The first-order valence-electron chi connectivity index (χ1n) is 41.2. The summed E-state index contributed by atoms with van der Waals surface area (Å²) in [4.78, 5) is 24.6. The number of aliphatic hydroxyl groups is 2. The monoisotopic (exact) mass is 1260 g/mol. The third kappa shape index (κ3) is 75.1. The highest BCUT2D eigenvalue weighted by Crippen LogP contribution is 2.20. The summed E-state index contributed by atoms with van der Waals surface area (Å²) in [7, 11) is 0. The fraction of sp³-hybridized carbons (Fsp3) is 0.905. The van der Waals surface area contributed by atoms with Crippen LogP contribution in [-0.2, 0) is 14.3 Å². The lowest BCUT2D eigenvalue weighted by atomic mass is 10.0. The number of rotatable bonds is 78. The molecule has 0 aromatic carbocycles. The number of hydrogen-bond acceptors (Lipinski definition) is 5. The van der Waals surface area contributed by atoms with E-state index in [0.29, 0.717) is 25.9 Å². The first kappa shape index (κ1) is 88.1. The maximum Gasteiger partial charge on any atom is 0.305 e. The van der Waals surface area contributed by atoms with Crippen molar-refractivity contribution in [2.75, 3.05) is 13.2 Å². The Balaban J connectivity index is 3.37. The first-order valence-corrected chi connectivity index (χ1v) is 41.2.